The lowest BCUT2D eigenvalue weighted by Gasteiger charge is -2.52. The number of urea groups is 1. The molecule has 2 N–H and O–H groups in total. The molecule has 0 saturated heterocycles. The van der Waals surface area contributed by atoms with Crippen molar-refractivity contribution in [2.24, 2.45) is 11.3 Å². The van der Waals surface area contributed by atoms with E-state index in [0.29, 0.717) is 19.1 Å². The molecule has 1 aromatic rings. The van der Waals surface area contributed by atoms with E-state index in [0.717, 1.165) is 19.3 Å². The first kappa shape index (κ1) is 18.2. The Bertz CT molecular complexity index is 584. The Labute approximate surface area is 150 Å². The van der Waals surface area contributed by atoms with Gasteiger partial charge in [0.1, 0.15) is 0 Å². The fraction of sp³-hybridized carbons (Fsp3) is 0.650. The van der Waals surface area contributed by atoms with Gasteiger partial charge in [-0.05, 0) is 30.7 Å². The number of aliphatic hydroxyl groups is 1. The summed E-state index contributed by atoms with van der Waals surface area (Å²) in [6.07, 6.45) is 2.45. The van der Waals surface area contributed by atoms with Crippen LogP contribution in [0.5, 0.6) is 0 Å². The number of nitrogens with zero attached hydrogens (tertiary/aromatic N) is 1. The third kappa shape index (κ3) is 4.15. The number of carbonyl (C=O) groups excluding carboxylic acids is 1. The number of carbonyl (C=O) groups is 1. The van der Waals surface area contributed by atoms with Crippen LogP contribution in [-0.4, -0.2) is 47.9 Å². The van der Waals surface area contributed by atoms with Crippen molar-refractivity contribution in [3.05, 3.63) is 35.9 Å². The maximum atomic E-state index is 12.4. The standard InChI is InChI=1S/C20H30N2O3/c1-20(2)17(11-18(20)25-13-14-7-5-4-6-8-14)21-19(24)22(3)12-15-9-16(23)10-15/h4-8,15-18,23H,9-13H2,1-3H3,(H,21,24). The third-order valence-electron chi connectivity index (χ3n) is 5.86. The predicted octanol–water partition coefficient (Wildman–Crippen LogP) is 2.78. The summed E-state index contributed by atoms with van der Waals surface area (Å²) in [5, 5.41) is 12.5. The number of aliphatic hydroxyl groups excluding tert-OH is 1. The van der Waals surface area contributed by atoms with Gasteiger partial charge >= 0.3 is 6.03 Å². The second kappa shape index (κ2) is 7.34. The molecule has 25 heavy (non-hydrogen) atoms. The van der Waals surface area contributed by atoms with Crippen LogP contribution in [0.2, 0.25) is 0 Å². The monoisotopic (exact) mass is 346 g/mol. The van der Waals surface area contributed by atoms with Crippen LogP contribution < -0.4 is 5.32 Å². The van der Waals surface area contributed by atoms with Crippen molar-refractivity contribution in [2.75, 3.05) is 13.6 Å². The van der Waals surface area contributed by atoms with E-state index in [-0.39, 0.29) is 29.7 Å². The highest BCUT2D eigenvalue weighted by Gasteiger charge is 2.50. The Morgan fingerprint density at radius 3 is 2.56 bits per heavy atom. The summed E-state index contributed by atoms with van der Waals surface area (Å²) < 4.78 is 6.06. The van der Waals surface area contributed by atoms with E-state index < -0.39 is 0 Å². The van der Waals surface area contributed by atoms with Crippen molar-refractivity contribution < 1.29 is 14.6 Å². The number of amides is 2. The maximum absolute atomic E-state index is 12.4. The third-order valence-corrected chi connectivity index (χ3v) is 5.86. The average molecular weight is 346 g/mol. The van der Waals surface area contributed by atoms with Crippen molar-refractivity contribution in [2.45, 2.75) is 58.0 Å². The number of hydrogen-bond donors (Lipinski definition) is 2. The topological polar surface area (TPSA) is 61.8 Å². The normalized spacial score (nSPS) is 30.1. The smallest absolute Gasteiger partial charge is 0.317 e. The molecule has 2 aliphatic rings. The lowest BCUT2D eigenvalue weighted by Crippen LogP contribution is -2.63. The van der Waals surface area contributed by atoms with E-state index in [1.54, 1.807) is 4.90 Å². The Morgan fingerprint density at radius 2 is 1.96 bits per heavy atom. The second-order valence-electron chi connectivity index (χ2n) is 8.22. The summed E-state index contributed by atoms with van der Waals surface area (Å²) in [5.41, 5.74) is 1.10. The Morgan fingerprint density at radius 1 is 1.28 bits per heavy atom. The molecule has 0 bridgehead atoms. The van der Waals surface area contributed by atoms with Crippen molar-refractivity contribution in [1.29, 1.82) is 0 Å². The first-order chi connectivity index (χ1) is 11.9. The van der Waals surface area contributed by atoms with Crippen LogP contribution in [-0.2, 0) is 11.3 Å². The summed E-state index contributed by atoms with van der Waals surface area (Å²) in [5.74, 6) is 0.433. The van der Waals surface area contributed by atoms with E-state index in [9.17, 15) is 9.90 Å². The predicted molar refractivity (Wildman–Crippen MR) is 97.1 cm³/mol. The zero-order valence-electron chi connectivity index (χ0n) is 15.4. The summed E-state index contributed by atoms with van der Waals surface area (Å²) in [6, 6.07) is 10.3. The van der Waals surface area contributed by atoms with Crippen molar-refractivity contribution in [3.63, 3.8) is 0 Å². The van der Waals surface area contributed by atoms with Gasteiger partial charge in [-0.3, -0.25) is 0 Å². The molecule has 5 nitrogen and oxygen atoms in total. The largest absolute Gasteiger partial charge is 0.393 e. The molecule has 1 aromatic carbocycles. The van der Waals surface area contributed by atoms with Gasteiger partial charge in [-0.25, -0.2) is 4.79 Å². The van der Waals surface area contributed by atoms with E-state index in [1.165, 1.54) is 5.56 Å². The van der Waals surface area contributed by atoms with Gasteiger partial charge in [-0.15, -0.1) is 0 Å². The zero-order valence-corrected chi connectivity index (χ0v) is 15.4. The minimum absolute atomic E-state index is 0.0269. The minimum Gasteiger partial charge on any atom is -0.393 e. The van der Waals surface area contributed by atoms with E-state index in [2.05, 4.69) is 31.3 Å². The van der Waals surface area contributed by atoms with Crippen LogP contribution >= 0.6 is 0 Å². The number of hydrogen-bond acceptors (Lipinski definition) is 3. The molecule has 0 heterocycles. The van der Waals surface area contributed by atoms with Gasteiger partial charge in [-0.2, -0.15) is 0 Å². The molecule has 2 aliphatic carbocycles. The quantitative estimate of drug-likeness (QED) is 0.833. The van der Waals surface area contributed by atoms with Gasteiger partial charge in [0.05, 0.1) is 18.8 Å². The van der Waals surface area contributed by atoms with Crippen LogP contribution in [0.4, 0.5) is 4.79 Å². The van der Waals surface area contributed by atoms with Crippen LogP contribution in [0.15, 0.2) is 30.3 Å². The van der Waals surface area contributed by atoms with Gasteiger partial charge < -0.3 is 20.1 Å². The number of nitrogens with one attached hydrogen (secondary N) is 1. The molecule has 0 aliphatic heterocycles. The molecule has 0 radical (unpaired) electrons. The van der Waals surface area contributed by atoms with Gasteiger partial charge in [0, 0.05) is 25.0 Å². The molecular formula is C20H30N2O3. The van der Waals surface area contributed by atoms with E-state index in [4.69, 9.17) is 4.74 Å². The fourth-order valence-electron chi connectivity index (χ4n) is 3.76. The molecule has 2 unspecified atom stereocenters. The summed E-state index contributed by atoms with van der Waals surface area (Å²) in [7, 11) is 1.83. The van der Waals surface area contributed by atoms with Crippen molar-refractivity contribution in [1.82, 2.24) is 10.2 Å². The summed E-state index contributed by atoms with van der Waals surface area (Å²) in [4.78, 5) is 14.1. The highest BCUT2D eigenvalue weighted by atomic mass is 16.5. The van der Waals surface area contributed by atoms with Crippen LogP contribution in [0, 0.1) is 11.3 Å². The number of ether oxygens (including phenoxy) is 1. The number of benzene rings is 1. The molecule has 2 saturated carbocycles. The molecule has 3 rings (SSSR count). The van der Waals surface area contributed by atoms with Crippen LogP contribution in [0.1, 0.15) is 38.7 Å². The molecule has 2 amide bonds. The minimum atomic E-state index is -0.172. The first-order valence-electron chi connectivity index (χ1n) is 9.21. The molecular weight excluding hydrogens is 316 g/mol. The summed E-state index contributed by atoms with van der Waals surface area (Å²) >= 11 is 0. The Kier molecular flexibility index (Phi) is 5.35. The molecule has 2 atom stereocenters. The lowest BCUT2D eigenvalue weighted by molar-refractivity contribution is -0.122. The molecule has 0 aromatic heterocycles. The lowest BCUT2D eigenvalue weighted by atomic mass is 9.64. The van der Waals surface area contributed by atoms with Gasteiger partial charge in [-0.1, -0.05) is 44.2 Å². The van der Waals surface area contributed by atoms with Gasteiger partial charge in [0.15, 0.2) is 0 Å². The Balaban J connectivity index is 1.42. The molecule has 2 fully saturated rings. The highest BCUT2D eigenvalue weighted by molar-refractivity contribution is 5.74. The summed E-state index contributed by atoms with van der Waals surface area (Å²) in [6.45, 7) is 5.63. The van der Waals surface area contributed by atoms with Crippen molar-refractivity contribution in [3.8, 4) is 0 Å². The number of rotatable bonds is 6. The first-order valence-corrected chi connectivity index (χ1v) is 9.21. The van der Waals surface area contributed by atoms with E-state index in [1.807, 2.05) is 25.2 Å². The van der Waals surface area contributed by atoms with Crippen molar-refractivity contribution >= 4 is 6.03 Å². The Hall–Kier alpha value is -1.59. The fourth-order valence-corrected chi connectivity index (χ4v) is 3.76. The molecule has 0 spiro atoms. The zero-order chi connectivity index (χ0) is 18.0. The molecule has 138 valence electrons. The van der Waals surface area contributed by atoms with Crippen LogP contribution in [0.3, 0.4) is 0 Å². The second-order valence-corrected chi connectivity index (χ2v) is 8.22. The SMILES string of the molecule is CN(CC1CC(O)C1)C(=O)NC1CC(OCc2ccccc2)C1(C)C. The van der Waals surface area contributed by atoms with Gasteiger partial charge in [0.25, 0.3) is 0 Å². The van der Waals surface area contributed by atoms with E-state index >= 15 is 0 Å². The average Bonchev–Trinajstić information content (AvgIpc) is 2.56. The van der Waals surface area contributed by atoms with Gasteiger partial charge in [0.2, 0.25) is 0 Å². The van der Waals surface area contributed by atoms with Crippen LogP contribution in [0.25, 0.3) is 0 Å². The molecule has 5 heteroatoms. The highest BCUT2D eigenvalue weighted by Crippen LogP contribution is 2.43. The maximum Gasteiger partial charge on any atom is 0.317 e.